The van der Waals surface area contributed by atoms with Crippen molar-refractivity contribution in [2.45, 2.75) is 41.3 Å². The van der Waals surface area contributed by atoms with Gasteiger partial charge in [-0.1, -0.05) is 42.5 Å². The molecule has 0 aliphatic carbocycles. The Labute approximate surface area is 440 Å². The van der Waals surface area contributed by atoms with Crippen LogP contribution in [0.15, 0.2) is 130 Å². The number of fused-ring (bicyclic) bond motifs is 8. The Kier molecular flexibility index (Phi) is 13.1. The summed E-state index contributed by atoms with van der Waals surface area (Å²) in [7, 11) is 0. The summed E-state index contributed by atoms with van der Waals surface area (Å²) >= 11 is 5.37. The molecule has 8 heterocycles. The van der Waals surface area contributed by atoms with Crippen molar-refractivity contribution in [1.29, 1.82) is 0 Å². The zero-order chi connectivity index (χ0) is 52.3. The number of benzene rings is 3. The van der Waals surface area contributed by atoms with Crippen LogP contribution in [0.3, 0.4) is 0 Å². The molecule has 2 saturated heterocycles. The first kappa shape index (κ1) is 49.5. The van der Waals surface area contributed by atoms with E-state index in [4.69, 9.17) is 18.9 Å². The van der Waals surface area contributed by atoms with Crippen molar-refractivity contribution in [3.8, 4) is 23.0 Å². The van der Waals surface area contributed by atoms with Crippen molar-refractivity contribution in [2.24, 2.45) is 0 Å². The summed E-state index contributed by atoms with van der Waals surface area (Å²) in [4.78, 5) is 94.0. The van der Waals surface area contributed by atoms with E-state index in [1.807, 2.05) is 22.9 Å². The van der Waals surface area contributed by atoms with Crippen LogP contribution in [0, 0.1) is 11.6 Å². The lowest BCUT2D eigenvalue weighted by Crippen LogP contribution is -2.70. The molecule has 4 atom stereocenters. The average molecular weight is 1090 g/mol. The predicted molar refractivity (Wildman–Crippen MR) is 269 cm³/mol. The standard InChI is InChI=1S/C52H38F2N4O13S4/c53-33-19-31-35(21-37(33)68-13-3-7-25-23-74-47-41(45(61)57(47)43(25)49(63)64)55-39(59)17-27-9-5-15-72-27)70-36-22-38(34(54)20-32(36)52(31)30-12-2-1-11-29(30)51(67)71-52)69-14-4-8-26-24-75-48-42(46(62)58(48)44(26)50(65)66)56-40(60)18-28-10-6-16-73-28/h1-12,15-16,19-22,41-42,47-48H,13-14,17-18,23-24H2,(H,55,59)(H,56,60)(H,63,64)(H,65,66). The molecule has 17 nitrogen and oxygen atoms in total. The van der Waals surface area contributed by atoms with E-state index in [-0.39, 0.29) is 112 Å². The van der Waals surface area contributed by atoms with E-state index in [0.717, 1.165) is 31.7 Å². The highest BCUT2D eigenvalue weighted by Gasteiger charge is 2.56. The van der Waals surface area contributed by atoms with Crippen LogP contribution in [-0.4, -0.2) is 109 Å². The number of amides is 4. The molecule has 4 unspecified atom stereocenters. The van der Waals surface area contributed by atoms with Gasteiger partial charge in [-0.05, 0) is 64.4 Å². The van der Waals surface area contributed by atoms with Crippen LogP contribution in [-0.2, 0) is 51.9 Å². The van der Waals surface area contributed by atoms with Crippen LogP contribution in [0.5, 0.6) is 23.0 Å². The second-order valence-electron chi connectivity index (χ2n) is 17.5. The molecule has 0 radical (unpaired) electrons. The molecular weight excluding hydrogens is 1050 g/mol. The molecule has 4 N–H and O–H groups in total. The molecule has 0 saturated carbocycles. The van der Waals surface area contributed by atoms with Crippen LogP contribution in [0.2, 0.25) is 0 Å². The van der Waals surface area contributed by atoms with Crippen LogP contribution in [0.4, 0.5) is 8.78 Å². The van der Waals surface area contributed by atoms with Gasteiger partial charge in [0.1, 0.15) is 58.9 Å². The minimum atomic E-state index is -1.89. The van der Waals surface area contributed by atoms with E-state index >= 15 is 8.78 Å². The van der Waals surface area contributed by atoms with E-state index in [1.54, 1.807) is 30.3 Å². The number of rotatable bonds is 16. The van der Waals surface area contributed by atoms with Crippen LogP contribution < -0.4 is 24.8 Å². The molecule has 75 heavy (non-hydrogen) atoms. The quantitative estimate of drug-likeness (QED) is 0.0612. The van der Waals surface area contributed by atoms with Crippen molar-refractivity contribution in [3.63, 3.8) is 0 Å². The van der Waals surface area contributed by atoms with Gasteiger partial charge in [0, 0.05) is 39.0 Å². The number of aliphatic carboxylic acids is 2. The van der Waals surface area contributed by atoms with Gasteiger partial charge in [0.25, 0.3) is 11.8 Å². The Morgan fingerprint density at radius 3 is 1.61 bits per heavy atom. The first-order chi connectivity index (χ1) is 36.2. The van der Waals surface area contributed by atoms with Gasteiger partial charge >= 0.3 is 17.9 Å². The molecule has 6 aliphatic heterocycles. The monoisotopic (exact) mass is 1090 g/mol. The number of allylic oxidation sites excluding steroid dienone is 2. The number of carbonyl (C=O) groups is 7. The maximum Gasteiger partial charge on any atom is 0.352 e. The van der Waals surface area contributed by atoms with Crippen LogP contribution in [0.25, 0.3) is 0 Å². The fourth-order valence-corrected chi connectivity index (χ4v) is 13.7. The zero-order valence-corrected chi connectivity index (χ0v) is 41.9. The maximum atomic E-state index is 16.2. The van der Waals surface area contributed by atoms with Crippen molar-refractivity contribution < 1.29 is 71.5 Å². The van der Waals surface area contributed by atoms with E-state index in [9.17, 15) is 43.8 Å². The molecule has 6 aliphatic rings. The number of ether oxygens (including phenoxy) is 4. The first-order valence-electron chi connectivity index (χ1n) is 22.9. The number of β-lactam (4-membered cyclic amide) rings is 2. The number of thioether (sulfide) groups is 2. The van der Waals surface area contributed by atoms with Gasteiger partial charge in [-0.15, -0.1) is 46.2 Å². The van der Waals surface area contributed by atoms with Gasteiger partial charge in [-0.2, -0.15) is 0 Å². The summed E-state index contributed by atoms with van der Waals surface area (Å²) in [5.41, 5.74) is -1.31. The number of hydrogen-bond acceptors (Lipinski definition) is 15. The number of halogens is 2. The van der Waals surface area contributed by atoms with Gasteiger partial charge in [0.2, 0.25) is 11.8 Å². The van der Waals surface area contributed by atoms with Crippen molar-refractivity contribution >= 4 is 87.7 Å². The summed E-state index contributed by atoms with van der Waals surface area (Å²) in [6.45, 7) is -0.557. The molecular formula is C52H38F2N4O13S4. The van der Waals surface area contributed by atoms with Gasteiger partial charge in [0.05, 0.1) is 29.5 Å². The second-order valence-corrected chi connectivity index (χ2v) is 21.8. The number of esters is 1. The number of thiophene rings is 2. The fourth-order valence-electron chi connectivity index (χ4n) is 9.68. The van der Waals surface area contributed by atoms with E-state index in [2.05, 4.69) is 10.6 Å². The first-order valence-corrected chi connectivity index (χ1v) is 26.8. The second kappa shape index (κ2) is 19.8. The normalized spacial score (nSPS) is 22.1. The average Bonchev–Trinajstić information content (AvgIpc) is 4.19. The SMILES string of the molecule is O=C(Cc1cccs1)NC1C(=O)N2C(C(=O)O)=C(C=CCOc3cc4c(cc3F)C3(OC(=O)c5ccccc53)c3cc(F)c(OCC=CC5=C(C(=O)O)N6C(=O)C(NC(=O)Cc7cccs7)C6SC5)cc3O4)CSC12. The highest BCUT2D eigenvalue weighted by atomic mass is 32.2. The summed E-state index contributed by atoms with van der Waals surface area (Å²) in [5, 5.41) is 28.2. The summed E-state index contributed by atoms with van der Waals surface area (Å²) in [5.74, 6) is -7.37. The Hall–Kier alpha value is -7.73. The lowest BCUT2D eigenvalue weighted by Gasteiger charge is -2.49. The van der Waals surface area contributed by atoms with Gasteiger partial charge in [-0.3, -0.25) is 29.0 Å². The number of hydrogen-bond donors (Lipinski definition) is 4. The number of carboxylic acids is 2. The molecule has 3 aromatic carbocycles. The largest absolute Gasteiger partial charge is 0.486 e. The fraction of sp³-hybridized carbons (Fsp3) is 0.212. The zero-order valence-electron chi connectivity index (χ0n) is 38.6. The van der Waals surface area contributed by atoms with Gasteiger partial charge in [-0.25, -0.2) is 23.2 Å². The van der Waals surface area contributed by atoms with Gasteiger partial charge in [0.15, 0.2) is 28.7 Å². The Bertz CT molecular complexity index is 3210. The minimum absolute atomic E-state index is 0.0187. The van der Waals surface area contributed by atoms with Crippen molar-refractivity contribution in [3.05, 3.63) is 174 Å². The lowest BCUT2D eigenvalue weighted by atomic mass is 9.77. The number of nitrogens with zero attached hydrogens (tertiary/aromatic N) is 2. The topological polar surface area (TPSA) is 227 Å². The Balaban J connectivity index is 0.798. The molecule has 4 amide bonds. The molecule has 382 valence electrons. The predicted octanol–water partition coefficient (Wildman–Crippen LogP) is 6.49. The van der Waals surface area contributed by atoms with Crippen molar-refractivity contribution in [1.82, 2.24) is 20.4 Å². The third-order valence-electron chi connectivity index (χ3n) is 13.0. The molecule has 11 rings (SSSR count). The minimum Gasteiger partial charge on any atom is -0.486 e. The van der Waals surface area contributed by atoms with Crippen LogP contribution in [0.1, 0.15) is 36.8 Å². The number of nitrogens with one attached hydrogen (secondary N) is 2. The molecule has 0 bridgehead atoms. The third kappa shape index (κ3) is 8.81. The van der Waals surface area contributed by atoms with E-state index < -0.39 is 69.8 Å². The number of carbonyl (C=O) groups excluding carboxylic acids is 5. The molecule has 1 spiro atoms. The van der Waals surface area contributed by atoms with Gasteiger partial charge < -0.3 is 39.8 Å². The smallest absolute Gasteiger partial charge is 0.352 e. The maximum absolute atomic E-state index is 16.2. The van der Waals surface area contributed by atoms with E-state index in [0.29, 0.717) is 5.56 Å². The highest BCUT2D eigenvalue weighted by Crippen LogP contribution is 2.58. The highest BCUT2D eigenvalue weighted by molar-refractivity contribution is 8.00. The Morgan fingerprint density at radius 1 is 0.680 bits per heavy atom. The molecule has 2 aromatic heterocycles. The Morgan fingerprint density at radius 2 is 1.16 bits per heavy atom. The molecule has 5 aromatic rings. The molecule has 2 fully saturated rings. The van der Waals surface area contributed by atoms with Crippen LogP contribution >= 0.6 is 46.2 Å². The summed E-state index contributed by atoms with van der Waals surface area (Å²) in [6, 6.07) is 16.4. The summed E-state index contributed by atoms with van der Waals surface area (Å²) in [6.07, 6.45) is 6.01. The number of carboxylic acid groups (broad SMARTS) is 2. The summed E-state index contributed by atoms with van der Waals surface area (Å²) < 4.78 is 56.4. The molecule has 23 heteroatoms. The van der Waals surface area contributed by atoms with E-state index in [1.165, 1.54) is 88.7 Å². The lowest BCUT2D eigenvalue weighted by molar-refractivity contribution is -0.150. The third-order valence-corrected chi connectivity index (χ3v) is 17.3. The van der Waals surface area contributed by atoms with Crippen molar-refractivity contribution in [2.75, 3.05) is 24.7 Å².